The highest BCUT2D eigenvalue weighted by molar-refractivity contribution is 5.46. The lowest BCUT2D eigenvalue weighted by atomic mass is 10.4. The number of carbonyl (C=O) groups excluding carboxylic acids is 1. The quantitative estimate of drug-likeness (QED) is 0.504. The largest absolute Gasteiger partial charge is 0.392 e. The maximum Gasteiger partial charge on any atom is 0.209 e. The van der Waals surface area contributed by atoms with Crippen molar-refractivity contribution in [3.8, 4) is 0 Å². The molecule has 48 valence electrons. The van der Waals surface area contributed by atoms with Gasteiger partial charge >= 0.3 is 0 Å². The van der Waals surface area contributed by atoms with Gasteiger partial charge in [-0.15, -0.1) is 0 Å². The molecule has 0 rings (SSSR count). The Morgan fingerprint density at radius 2 is 2.38 bits per heavy atom. The summed E-state index contributed by atoms with van der Waals surface area (Å²) in [6.45, 7) is 2.05. The van der Waals surface area contributed by atoms with E-state index in [0.29, 0.717) is 13.0 Å². The first-order valence-electron chi connectivity index (χ1n) is 2.50. The summed E-state index contributed by atoms with van der Waals surface area (Å²) >= 11 is 0. The number of hydrogen-bond donors (Lipinski definition) is 1. The van der Waals surface area contributed by atoms with E-state index in [9.17, 15) is 4.79 Å². The number of nitrogens with zero attached hydrogens (tertiary/aromatic N) is 1. The van der Waals surface area contributed by atoms with Crippen molar-refractivity contribution < 1.29 is 9.90 Å². The van der Waals surface area contributed by atoms with Gasteiger partial charge in [0.1, 0.15) is 0 Å². The van der Waals surface area contributed by atoms with E-state index in [4.69, 9.17) is 5.11 Å². The highest BCUT2D eigenvalue weighted by Crippen LogP contribution is 1.81. The molecule has 0 saturated heterocycles. The summed E-state index contributed by atoms with van der Waals surface area (Å²) in [5.74, 6) is 0. The first-order chi connectivity index (χ1) is 3.66. The van der Waals surface area contributed by atoms with Crippen molar-refractivity contribution in [2.75, 3.05) is 13.6 Å². The van der Waals surface area contributed by atoms with Gasteiger partial charge in [0, 0.05) is 13.6 Å². The smallest absolute Gasteiger partial charge is 0.209 e. The lowest BCUT2D eigenvalue weighted by molar-refractivity contribution is -0.118. The van der Waals surface area contributed by atoms with Crippen molar-refractivity contribution in [1.82, 2.24) is 4.90 Å². The van der Waals surface area contributed by atoms with Gasteiger partial charge in [0.05, 0.1) is 6.10 Å². The SMILES string of the molecule is CC(O)CN(C)C=O. The Hall–Kier alpha value is -0.570. The van der Waals surface area contributed by atoms with Gasteiger partial charge in [0.2, 0.25) is 6.41 Å². The second-order valence-corrected chi connectivity index (χ2v) is 1.89. The topological polar surface area (TPSA) is 40.5 Å². The first kappa shape index (κ1) is 7.43. The van der Waals surface area contributed by atoms with E-state index in [-0.39, 0.29) is 0 Å². The van der Waals surface area contributed by atoms with Gasteiger partial charge in [-0.3, -0.25) is 4.79 Å². The van der Waals surface area contributed by atoms with Crippen LogP contribution in [-0.2, 0) is 4.79 Å². The summed E-state index contributed by atoms with van der Waals surface area (Å²) < 4.78 is 0. The van der Waals surface area contributed by atoms with Crippen LogP contribution in [0.15, 0.2) is 0 Å². The molecular formula is C5H11NO2. The number of amides is 1. The fraction of sp³-hybridized carbons (Fsp3) is 0.800. The molecule has 8 heavy (non-hydrogen) atoms. The van der Waals surface area contributed by atoms with E-state index in [1.165, 1.54) is 4.90 Å². The molecule has 1 amide bonds. The molecule has 0 aromatic heterocycles. The first-order valence-corrected chi connectivity index (χ1v) is 2.50. The fourth-order valence-electron chi connectivity index (χ4n) is 0.460. The van der Waals surface area contributed by atoms with E-state index < -0.39 is 6.10 Å². The summed E-state index contributed by atoms with van der Waals surface area (Å²) in [5.41, 5.74) is 0. The molecule has 3 heteroatoms. The van der Waals surface area contributed by atoms with E-state index in [1.807, 2.05) is 0 Å². The lowest BCUT2D eigenvalue weighted by Gasteiger charge is -2.11. The van der Waals surface area contributed by atoms with E-state index in [1.54, 1.807) is 14.0 Å². The summed E-state index contributed by atoms with van der Waals surface area (Å²) in [6, 6.07) is 0. The Morgan fingerprint density at radius 1 is 1.88 bits per heavy atom. The van der Waals surface area contributed by atoms with Crippen LogP contribution in [0.4, 0.5) is 0 Å². The Balaban J connectivity index is 3.23. The van der Waals surface area contributed by atoms with E-state index in [2.05, 4.69) is 0 Å². The highest BCUT2D eigenvalue weighted by atomic mass is 16.3. The Morgan fingerprint density at radius 3 is 2.50 bits per heavy atom. The van der Waals surface area contributed by atoms with Crippen LogP contribution in [-0.4, -0.2) is 36.1 Å². The average Bonchev–Trinajstić information content (AvgIpc) is 1.65. The predicted octanol–water partition coefficient (Wildman–Crippen LogP) is -0.545. The van der Waals surface area contributed by atoms with Gasteiger partial charge in [-0.1, -0.05) is 0 Å². The van der Waals surface area contributed by atoms with Crippen molar-refractivity contribution in [2.45, 2.75) is 13.0 Å². The minimum atomic E-state index is -0.426. The summed E-state index contributed by atoms with van der Waals surface area (Å²) in [5, 5.41) is 8.65. The van der Waals surface area contributed by atoms with E-state index >= 15 is 0 Å². The zero-order valence-electron chi connectivity index (χ0n) is 5.16. The molecule has 0 aromatic rings. The zero-order chi connectivity index (χ0) is 6.57. The van der Waals surface area contributed by atoms with Crippen molar-refractivity contribution in [3.63, 3.8) is 0 Å². The molecule has 1 N–H and O–H groups in total. The molecule has 0 aliphatic rings. The molecule has 1 atom stereocenters. The summed E-state index contributed by atoms with van der Waals surface area (Å²) in [4.78, 5) is 11.2. The molecule has 0 saturated carbocycles. The van der Waals surface area contributed by atoms with Crippen LogP contribution < -0.4 is 0 Å². The Bertz CT molecular complexity index is 72.8. The van der Waals surface area contributed by atoms with Crippen LogP contribution in [0, 0.1) is 0 Å². The molecule has 0 fully saturated rings. The second kappa shape index (κ2) is 3.43. The number of rotatable bonds is 3. The van der Waals surface area contributed by atoms with E-state index in [0.717, 1.165) is 0 Å². The monoisotopic (exact) mass is 117 g/mol. The number of aliphatic hydroxyl groups excluding tert-OH is 1. The molecule has 0 radical (unpaired) electrons. The number of hydrogen-bond acceptors (Lipinski definition) is 2. The van der Waals surface area contributed by atoms with Crippen LogP contribution in [0.5, 0.6) is 0 Å². The molecule has 0 aromatic carbocycles. The highest BCUT2D eigenvalue weighted by Gasteiger charge is 1.96. The number of carbonyl (C=O) groups is 1. The average molecular weight is 117 g/mol. The molecule has 0 spiro atoms. The Labute approximate surface area is 48.9 Å². The van der Waals surface area contributed by atoms with Crippen molar-refractivity contribution in [3.05, 3.63) is 0 Å². The summed E-state index contributed by atoms with van der Waals surface area (Å²) in [6.07, 6.45) is 0.261. The minimum Gasteiger partial charge on any atom is -0.392 e. The third-order valence-electron chi connectivity index (χ3n) is 0.732. The van der Waals surface area contributed by atoms with Gasteiger partial charge in [-0.2, -0.15) is 0 Å². The molecule has 3 nitrogen and oxygen atoms in total. The Kier molecular flexibility index (Phi) is 3.19. The molecule has 0 heterocycles. The standard InChI is InChI=1S/C5H11NO2/c1-5(8)3-6(2)4-7/h4-5,8H,3H2,1-2H3. The number of aliphatic hydroxyl groups is 1. The van der Waals surface area contributed by atoms with Crippen LogP contribution in [0.2, 0.25) is 0 Å². The fourth-order valence-corrected chi connectivity index (χ4v) is 0.460. The van der Waals surface area contributed by atoms with Gasteiger partial charge in [-0.25, -0.2) is 0 Å². The number of likely N-dealkylation sites (N-methyl/N-ethyl adjacent to an activating group) is 1. The van der Waals surface area contributed by atoms with Gasteiger partial charge in [0.15, 0.2) is 0 Å². The maximum atomic E-state index is 9.86. The predicted molar refractivity (Wildman–Crippen MR) is 30.4 cm³/mol. The zero-order valence-corrected chi connectivity index (χ0v) is 5.16. The third kappa shape index (κ3) is 3.61. The summed E-state index contributed by atoms with van der Waals surface area (Å²) in [7, 11) is 1.62. The van der Waals surface area contributed by atoms with Gasteiger partial charge < -0.3 is 10.0 Å². The van der Waals surface area contributed by atoms with Crippen molar-refractivity contribution in [2.24, 2.45) is 0 Å². The normalized spacial score (nSPS) is 12.9. The van der Waals surface area contributed by atoms with Crippen LogP contribution in [0.3, 0.4) is 0 Å². The van der Waals surface area contributed by atoms with Crippen LogP contribution in [0.25, 0.3) is 0 Å². The maximum absolute atomic E-state index is 9.86. The van der Waals surface area contributed by atoms with Crippen LogP contribution >= 0.6 is 0 Å². The molecular weight excluding hydrogens is 106 g/mol. The minimum absolute atomic E-state index is 0.406. The second-order valence-electron chi connectivity index (χ2n) is 1.89. The molecule has 0 aliphatic carbocycles. The third-order valence-corrected chi connectivity index (χ3v) is 0.732. The molecule has 0 aliphatic heterocycles. The molecule has 0 bridgehead atoms. The van der Waals surface area contributed by atoms with Crippen molar-refractivity contribution in [1.29, 1.82) is 0 Å². The van der Waals surface area contributed by atoms with Crippen LogP contribution in [0.1, 0.15) is 6.92 Å². The van der Waals surface area contributed by atoms with Crippen molar-refractivity contribution >= 4 is 6.41 Å². The van der Waals surface area contributed by atoms with Gasteiger partial charge in [0.25, 0.3) is 0 Å². The molecule has 1 unspecified atom stereocenters. The lowest BCUT2D eigenvalue weighted by Crippen LogP contribution is -2.25. The van der Waals surface area contributed by atoms with Gasteiger partial charge in [-0.05, 0) is 6.92 Å².